The molecule has 1 aliphatic rings. The molecule has 2 aromatic heterocycles. The van der Waals surface area contributed by atoms with Crippen molar-refractivity contribution in [3.05, 3.63) is 36.0 Å². The highest BCUT2D eigenvalue weighted by Crippen LogP contribution is 2.38. The van der Waals surface area contributed by atoms with Crippen LogP contribution in [0, 0.1) is 5.41 Å². The molecule has 0 fully saturated rings. The van der Waals surface area contributed by atoms with Gasteiger partial charge < -0.3 is 30.5 Å². The van der Waals surface area contributed by atoms with Crippen LogP contribution in [0.2, 0.25) is 0 Å². The third-order valence-electron chi connectivity index (χ3n) is 4.96. The van der Waals surface area contributed by atoms with Crippen molar-refractivity contribution < 1.29 is 19.4 Å². The second kappa shape index (κ2) is 8.31. The lowest BCUT2D eigenvalue weighted by Crippen LogP contribution is -2.36. The second-order valence-corrected chi connectivity index (χ2v) is 8.03. The van der Waals surface area contributed by atoms with Crippen LogP contribution >= 0.6 is 0 Å². The van der Waals surface area contributed by atoms with Gasteiger partial charge in [0.2, 0.25) is 0 Å². The second-order valence-electron chi connectivity index (χ2n) is 8.03. The number of nitrogens with zero attached hydrogens (tertiary/aromatic N) is 3. The third-order valence-corrected chi connectivity index (χ3v) is 4.96. The molecule has 0 spiro atoms. The molecule has 31 heavy (non-hydrogen) atoms. The SMILES string of the molecule is CNc1cc(Nc2cccc3c2OCCO3)nc2c(C(=O)NCC(C)(C)CO)cnn12. The number of para-hydroxylation sites is 1. The average Bonchev–Trinajstić information content (AvgIpc) is 3.21. The molecule has 10 heteroatoms. The zero-order chi connectivity index (χ0) is 22.0. The number of aliphatic hydroxyl groups is 1. The van der Waals surface area contributed by atoms with Gasteiger partial charge >= 0.3 is 0 Å². The van der Waals surface area contributed by atoms with Crippen LogP contribution in [0.5, 0.6) is 11.5 Å². The predicted molar refractivity (Wildman–Crippen MR) is 116 cm³/mol. The molecule has 0 atom stereocenters. The fourth-order valence-electron chi connectivity index (χ4n) is 3.15. The molecular weight excluding hydrogens is 400 g/mol. The Bertz CT molecular complexity index is 1110. The molecule has 10 nitrogen and oxygen atoms in total. The molecule has 3 aromatic rings. The number of carbonyl (C=O) groups excluding carboxylic acids is 1. The van der Waals surface area contributed by atoms with Crippen LogP contribution in [0.15, 0.2) is 30.5 Å². The van der Waals surface area contributed by atoms with Gasteiger partial charge in [0.05, 0.1) is 11.9 Å². The largest absolute Gasteiger partial charge is 0.486 e. The molecule has 164 valence electrons. The zero-order valence-electron chi connectivity index (χ0n) is 17.7. The third kappa shape index (κ3) is 4.19. The number of aliphatic hydroxyl groups excluding tert-OH is 1. The molecule has 0 aliphatic carbocycles. The van der Waals surface area contributed by atoms with E-state index in [1.165, 1.54) is 6.20 Å². The first kappa shape index (κ1) is 20.7. The van der Waals surface area contributed by atoms with Gasteiger partial charge in [-0.2, -0.15) is 9.61 Å². The van der Waals surface area contributed by atoms with E-state index in [0.29, 0.717) is 59.8 Å². The minimum Gasteiger partial charge on any atom is -0.486 e. The molecule has 1 aromatic carbocycles. The van der Waals surface area contributed by atoms with E-state index in [1.54, 1.807) is 17.6 Å². The fourth-order valence-corrected chi connectivity index (χ4v) is 3.15. The molecule has 0 radical (unpaired) electrons. The number of nitrogens with one attached hydrogen (secondary N) is 3. The van der Waals surface area contributed by atoms with Gasteiger partial charge in [-0.05, 0) is 12.1 Å². The van der Waals surface area contributed by atoms with E-state index in [4.69, 9.17) is 9.47 Å². The Labute approximate surface area is 179 Å². The van der Waals surface area contributed by atoms with Gasteiger partial charge in [-0.15, -0.1) is 0 Å². The average molecular weight is 426 g/mol. The summed E-state index contributed by atoms with van der Waals surface area (Å²) in [6.45, 7) is 5.00. The van der Waals surface area contributed by atoms with E-state index < -0.39 is 5.41 Å². The minimum absolute atomic E-state index is 0.0363. The number of aromatic nitrogens is 3. The Morgan fingerprint density at radius 1 is 1.29 bits per heavy atom. The Balaban J connectivity index is 1.67. The quantitative estimate of drug-likeness (QED) is 0.453. The van der Waals surface area contributed by atoms with Crippen molar-refractivity contribution in [1.82, 2.24) is 19.9 Å². The molecule has 0 saturated heterocycles. The van der Waals surface area contributed by atoms with Crippen LogP contribution in [0.1, 0.15) is 24.2 Å². The number of hydrogen-bond acceptors (Lipinski definition) is 8. The highest BCUT2D eigenvalue weighted by molar-refractivity contribution is 6.00. The lowest BCUT2D eigenvalue weighted by molar-refractivity contribution is 0.0912. The summed E-state index contributed by atoms with van der Waals surface area (Å²) in [5.41, 5.74) is 1.02. The summed E-state index contributed by atoms with van der Waals surface area (Å²) in [6.07, 6.45) is 1.48. The van der Waals surface area contributed by atoms with E-state index in [0.717, 1.165) is 0 Å². The molecule has 4 N–H and O–H groups in total. The first-order valence-corrected chi connectivity index (χ1v) is 10.0. The maximum atomic E-state index is 12.8. The molecule has 0 unspecified atom stereocenters. The van der Waals surface area contributed by atoms with Gasteiger partial charge in [-0.1, -0.05) is 19.9 Å². The van der Waals surface area contributed by atoms with Gasteiger partial charge in [0.15, 0.2) is 17.1 Å². The first-order chi connectivity index (χ1) is 14.9. The number of fused-ring (bicyclic) bond motifs is 2. The van der Waals surface area contributed by atoms with Crippen LogP contribution in [0.4, 0.5) is 17.3 Å². The lowest BCUT2D eigenvalue weighted by atomic mass is 9.95. The smallest absolute Gasteiger partial charge is 0.256 e. The van der Waals surface area contributed by atoms with Gasteiger partial charge in [0, 0.05) is 31.7 Å². The topological polar surface area (TPSA) is 122 Å². The normalized spacial score (nSPS) is 13.2. The number of amides is 1. The molecule has 3 heterocycles. The summed E-state index contributed by atoms with van der Waals surface area (Å²) in [5, 5.41) is 22.9. The van der Waals surface area contributed by atoms with Crippen molar-refractivity contribution in [1.29, 1.82) is 0 Å². The molecule has 0 saturated carbocycles. The Hall–Kier alpha value is -3.53. The molecule has 4 rings (SSSR count). The Kier molecular flexibility index (Phi) is 5.55. The zero-order valence-corrected chi connectivity index (χ0v) is 17.7. The summed E-state index contributed by atoms with van der Waals surface area (Å²) in [6, 6.07) is 7.38. The van der Waals surface area contributed by atoms with Crippen LogP contribution in [0.25, 0.3) is 5.65 Å². The molecule has 1 amide bonds. The monoisotopic (exact) mass is 426 g/mol. The highest BCUT2D eigenvalue weighted by atomic mass is 16.6. The van der Waals surface area contributed by atoms with Crippen molar-refractivity contribution >= 4 is 28.9 Å². The van der Waals surface area contributed by atoms with Crippen molar-refractivity contribution in [2.24, 2.45) is 5.41 Å². The molecular formula is C21H26N6O4. The number of rotatable bonds is 7. The van der Waals surface area contributed by atoms with Crippen LogP contribution < -0.4 is 25.4 Å². The van der Waals surface area contributed by atoms with Crippen molar-refractivity contribution in [2.75, 3.05) is 44.0 Å². The number of carbonyl (C=O) groups is 1. The summed E-state index contributed by atoms with van der Waals surface area (Å²) in [5.74, 6) is 2.16. The maximum Gasteiger partial charge on any atom is 0.256 e. The molecule has 0 bridgehead atoms. The van der Waals surface area contributed by atoms with E-state index >= 15 is 0 Å². The summed E-state index contributed by atoms with van der Waals surface area (Å²) in [4.78, 5) is 17.4. The lowest BCUT2D eigenvalue weighted by Gasteiger charge is -2.22. The van der Waals surface area contributed by atoms with Gasteiger partial charge in [-0.3, -0.25) is 4.79 Å². The van der Waals surface area contributed by atoms with E-state index in [-0.39, 0.29) is 12.5 Å². The fraction of sp³-hybridized carbons (Fsp3) is 0.381. The van der Waals surface area contributed by atoms with E-state index in [1.807, 2.05) is 32.0 Å². The van der Waals surface area contributed by atoms with Gasteiger partial charge in [-0.25, -0.2) is 4.98 Å². The van der Waals surface area contributed by atoms with Crippen LogP contribution in [0.3, 0.4) is 0 Å². The summed E-state index contributed by atoms with van der Waals surface area (Å²) < 4.78 is 13.0. The Morgan fingerprint density at radius 2 is 2.10 bits per heavy atom. The summed E-state index contributed by atoms with van der Waals surface area (Å²) in [7, 11) is 1.77. The predicted octanol–water partition coefficient (Wildman–Crippen LogP) is 2.03. The number of ether oxygens (including phenoxy) is 2. The standard InChI is InChI=1S/C21H26N6O4/c1-21(2,12-28)11-23-20(29)13-10-24-27-17(22-3)9-16(26-19(13)27)25-14-5-4-6-15-18(14)31-8-7-30-15/h4-6,9-10,22,28H,7-8,11-12H2,1-3H3,(H,23,29)(H,25,26). The van der Waals surface area contributed by atoms with Crippen molar-refractivity contribution in [2.45, 2.75) is 13.8 Å². The highest BCUT2D eigenvalue weighted by Gasteiger charge is 2.22. The Morgan fingerprint density at radius 3 is 2.87 bits per heavy atom. The van der Waals surface area contributed by atoms with Crippen molar-refractivity contribution in [3.8, 4) is 11.5 Å². The van der Waals surface area contributed by atoms with Crippen molar-refractivity contribution in [3.63, 3.8) is 0 Å². The van der Waals surface area contributed by atoms with Crippen LogP contribution in [-0.2, 0) is 0 Å². The van der Waals surface area contributed by atoms with E-state index in [2.05, 4.69) is 26.0 Å². The number of benzene rings is 1. The van der Waals surface area contributed by atoms with Crippen LogP contribution in [-0.4, -0.2) is 59.0 Å². The van der Waals surface area contributed by atoms with E-state index in [9.17, 15) is 9.90 Å². The minimum atomic E-state index is -0.427. The van der Waals surface area contributed by atoms with Gasteiger partial charge in [0.25, 0.3) is 5.91 Å². The summed E-state index contributed by atoms with van der Waals surface area (Å²) >= 11 is 0. The van der Waals surface area contributed by atoms with Gasteiger partial charge in [0.1, 0.15) is 30.4 Å². The number of anilines is 3. The first-order valence-electron chi connectivity index (χ1n) is 10.0. The number of hydrogen-bond donors (Lipinski definition) is 4. The maximum absolute atomic E-state index is 12.8. The molecule has 1 aliphatic heterocycles.